The molecule has 2 fully saturated rings. The van der Waals surface area contributed by atoms with Crippen molar-refractivity contribution in [3.63, 3.8) is 0 Å². The van der Waals surface area contributed by atoms with Gasteiger partial charge in [0.2, 0.25) is 0 Å². The molecule has 0 bridgehead atoms. The highest BCUT2D eigenvalue weighted by atomic mass is 16.8. The number of imidazole rings is 1. The van der Waals surface area contributed by atoms with Crippen LogP contribution in [0.5, 0.6) is 11.5 Å². The van der Waals surface area contributed by atoms with Crippen molar-refractivity contribution < 1.29 is 28.4 Å². The molecular weight excluding hydrogens is 574 g/mol. The van der Waals surface area contributed by atoms with Crippen LogP contribution in [0.15, 0.2) is 91.5 Å². The molecule has 2 aliphatic rings. The van der Waals surface area contributed by atoms with E-state index in [0.29, 0.717) is 17.0 Å². The number of nitrogens with two attached hydrogens (primary N) is 1. The van der Waals surface area contributed by atoms with Gasteiger partial charge in [0.25, 0.3) is 0 Å². The fourth-order valence-electron chi connectivity index (χ4n) is 6.35. The monoisotopic (exact) mass is 609 g/mol. The molecule has 232 valence electrons. The average Bonchev–Trinajstić information content (AvgIpc) is 3.74. The zero-order valence-electron chi connectivity index (χ0n) is 25.5. The smallest absolute Gasteiger partial charge is 0.167 e. The molecule has 4 atom stereocenters. The maximum absolute atomic E-state index is 7.15. The Kier molecular flexibility index (Phi) is 7.41. The Balaban J connectivity index is 1.30. The number of fused-ring (bicyclic) bond motifs is 2. The molecule has 0 saturated carbocycles. The predicted molar refractivity (Wildman–Crippen MR) is 166 cm³/mol. The third-order valence-electron chi connectivity index (χ3n) is 8.42. The van der Waals surface area contributed by atoms with E-state index in [1.807, 2.05) is 85.1 Å². The highest BCUT2D eigenvalue weighted by Crippen LogP contribution is 2.46. The molecular formula is C34H35N5O6. The third kappa shape index (κ3) is 5.07. The van der Waals surface area contributed by atoms with Crippen LogP contribution in [0, 0.1) is 0 Å². The van der Waals surface area contributed by atoms with Gasteiger partial charge in [0, 0.05) is 0 Å². The van der Waals surface area contributed by atoms with Gasteiger partial charge >= 0.3 is 0 Å². The number of hydrogen-bond donors (Lipinski definition) is 1. The van der Waals surface area contributed by atoms with Crippen LogP contribution in [0.1, 0.15) is 36.8 Å². The first kappa shape index (κ1) is 29.2. The van der Waals surface area contributed by atoms with Crippen LogP contribution in [-0.4, -0.2) is 64.4 Å². The van der Waals surface area contributed by atoms with E-state index in [0.717, 1.165) is 28.2 Å². The first-order valence-electron chi connectivity index (χ1n) is 14.8. The van der Waals surface area contributed by atoms with Gasteiger partial charge < -0.3 is 34.2 Å². The molecule has 0 aliphatic carbocycles. The second-order valence-corrected chi connectivity index (χ2v) is 11.5. The van der Waals surface area contributed by atoms with Gasteiger partial charge in [0.05, 0.1) is 27.2 Å². The van der Waals surface area contributed by atoms with Crippen molar-refractivity contribution in [2.24, 2.45) is 0 Å². The summed E-state index contributed by atoms with van der Waals surface area (Å²) in [6, 6.07) is 26.0. The second kappa shape index (κ2) is 11.4. The summed E-state index contributed by atoms with van der Waals surface area (Å²) in [4.78, 5) is 13.0. The van der Waals surface area contributed by atoms with E-state index in [2.05, 4.69) is 27.1 Å². The fourth-order valence-corrected chi connectivity index (χ4v) is 6.35. The summed E-state index contributed by atoms with van der Waals surface area (Å²) in [5.74, 6) is 0.957. The number of ether oxygens (including phenoxy) is 6. The van der Waals surface area contributed by atoms with Gasteiger partial charge in [-0.05, 0) is 54.8 Å². The van der Waals surface area contributed by atoms with E-state index in [4.69, 9.17) is 34.2 Å². The summed E-state index contributed by atoms with van der Waals surface area (Å²) in [5.41, 5.74) is 8.90. The van der Waals surface area contributed by atoms with E-state index >= 15 is 0 Å². The summed E-state index contributed by atoms with van der Waals surface area (Å²) >= 11 is 0. The molecule has 7 rings (SSSR count). The largest absolute Gasteiger partial charge is 0.497 e. The molecule has 2 aliphatic heterocycles. The van der Waals surface area contributed by atoms with Gasteiger partial charge in [-0.1, -0.05) is 54.6 Å². The first-order valence-corrected chi connectivity index (χ1v) is 14.8. The number of nitrogens with zero attached hydrogens (tertiary/aromatic N) is 4. The number of hydrogen-bond acceptors (Lipinski definition) is 10. The zero-order valence-corrected chi connectivity index (χ0v) is 25.5. The van der Waals surface area contributed by atoms with E-state index < -0.39 is 35.9 Å². The minimum atomic E-state index is -1.02. The van der Waals surface area contributed by atoms with Gasteiger partial charge in [-0.15, -0.1) is 0 Å². The molecule has 45 heavy (non-hydrogen) atoms. The van der Waals surface area contributed by atoms with Gasteiger partial charge in [-0.2, -0.15) is 0 Å². The predicted octanol–water partition coefficient (Wildman–Crippen LogP) is 4.85. The van der Waals surface area contributed by atoms with Crippen LogP contribution in [0.4, 0.5) is 5.82 Å². The molecule has 3 aromatic carbocycles. The number of benzene rings is 3. The molecule has 11 nitrogen and oxygen atoms in total. The molecule has 2 aromatic heterocycles. The lowest BCUT2D eigenvalue weighted by atomic mass is 9.80. The number of aromatic nitrogens is 4. The van der Waals surface area contributed by atoms with Crippen LogP contribution in [-0.2, 0) is 24.5 Å². The fraction of sp³-hybridized carbons (Fsp3) is 0.324. The van der Waals surface area contributed by atoms with Crippen molar-refractivity contribution in [2.75, 3.05) is 26.6 Å². The quantitative estimate of drug-likeness (QED) is 0.232. The Morgan fingerprint density at radius 2 is 1.40 bits per heavy atom. The second-order valence-electron chi connectivity index (χ2n) is 11.5. The first-order chi connectivity index (χ1) is 21.8. The average molecular weight is 610 g/mol. The lowest BCUT2D eigenvalue weighted by Gasteiger charge is -2.37. The van der Waals surface area contributed by atoms with Gasteiger partial charge in [0.15, 0.2) is 23.5 Å². The number of anilines is 1. The van der Waals surface area contributed by atoms with Gasteiger partial charge in [-0.25, -0.2) is 15.0 Å². The minimum Gasteiger partial charge on any atom is -0.497 e. The van der Waals surface area contributed by atoms with Gasteiger partial charge in [0.1, 0.15) is 47.3 Å². The number of nitrogen functional groups attached to an aromatic ring is 1. The molecule has 11 heteroatoms. The molecule has 2 N–H and O–H groups in total. The molecule has 4 heterocycles. The van der Waals surface area contributed by atoms with Crippen molar-refractivity contribution in [3.8, 4) is 11.5 Å². The van der Waals surface area contributed by atoms with Crippen LogP contribution >= 0.6 is 0 Å². The molecule has 0 unspecified atom stereocenters. The maximum Gasteiger partial charge on any atom is 0.167 e. The van der Waals surface area contributed by atoms with E-state index in [1.54, 1.807) is 20.5 Å². The maximum atomic E-state index is 7.15. The number of methoxy groups -OCH3 is 2. The molecule has 2 saturated heterocycles. The lowest BCUT2D eigenvalue weighted by Crippen LogP contribution is -2.39. The topological polar surface area (TPSA) is 125 Å². The number of rotatable bonds is 9. The third-order valence-corrected chi connectivity index (χ3v) is 8.42. The van der Waals surface area contributed by atoms with Crippen molar-refractivity contribution in [3.05, 3.63) is 108 Å². The standard InChI is InChI=1S/C34H35N5O6/c1-33(2)44-28-26(43-32(29(28)45-33)39-20-38-27-30(35)36-19-37-31(27)39)18-42-34(21-8-6-5-7-9-21,22-10-14-24(40-3)15-11-22)23-12-16-25(41-4)17-13-23/h5-17,19-20,26,28-29,32H,18H2,1-4H3,(H2,35,36,37)/t26-,28-,29-,32-/m1/s1. The van der Waals surface area contributed by atoms with Crippen LogP contribution < -0.4 is 15.2 Å². The molecule has 5 aromatic rings. The van der Waals surface area contributed by atoms with E-state index in [1.165, 1.54) is 6.33 Å². The van der Waals surface area contributed by atoms with E-state index in [9.17, 15) is 0 Å². The summed E-state index contributed by atoms with van der Waals surface area (Å²) in [6.45, 7) is 3.97. The summed E-state index contributed by atoms with van der Waals surface area (Å²) < 4.78 is 39.5. The highest BCUT2D eigenvalue weighted by molar-refractivity contribution is 5.81. The SMILES string of the molecule is COc1ccc(C(OC[C@H]2O[C@@H](n3cnc4c(N)ncnc43)[C@@H]3OC(C)(C)O[C@@H]32)(c2ccccc2)c2ccc(OC)cc2)cc1. The van der Waals surface area contributed by atoms with Crippen molar-refractivity contribution >= 4 is 17.0 Å². The Morgan fingerprint density at radius 1 is 0.800 bits per heavy atom. The lowest BCUT2D eigenvalue weighted by molar-refractivity contribution is -0.204. The van der Waals surface area contributed by atoms with Crippen molar-refractivity contribution in [2.45, 2.75) is 49.8 Å². The van der Waals surface area contributed by atoms with Crippen molar-refractivity contribution in [1.29, 1.82) is 0 Å². The Bertz CT molecular complexity index is 1730. The summed E-state index contributed by atoms with van der Waals surface area (Å²) in [6.07, 6.45) is 1.10. The van der Waals surface area contributed by atoms with Gasteiger partial charge in [-0.3, -0.25) is 4.57 Å². The summed E-state index contributed by atoms with van der Waals surface area (Å²) in [5, 5.41) is 0. The molecule has 0 radical (unpaired) electrons. The summed E-state index contributed by atoms with van der Waals surface area (Å²) in [7, 11) is 3.30. The van der Waals surface area contributed by atoms with E-state index in [-0.39, 0.29) is 6.61 Å². The minimum absolute atomic E-state index is 0.174. The zero-order chi connectivity index (χ0) is 31.2. The Hall–Kier alpha value is -4.55. The molecule has 0 amide bonds. The van der Waals surface area contributed by atoms with Crippen LogP contribution in [0.2, 0.25) is 0 Å². The highest BCUT2D eigenvalue weighted by Gasteiger charge is 2.57. The van der Waals surface area contributed by atoms with Crippen molar-refractivity contribution in [1.82, 2.24) is 19.5 Å². The Morgan fingerprint density at radius 3 is 2.02 bits per heavy atom. The van der Waals surface area contributed by atoms with Crippen LogP contribution in [0.25, 0.3) is 11.2 Å². The molecule has 0 spiro atoms. The Labute approximate surface area is 260 Å². The van der Waals surface area contributed by atoms with Crippen LogP contribution in [0.3, 0.4) is 0 Å². The normalized spacial score (nSPS) is 22.4.